The van der Waals surface area contributed by atoms with Crippen LogP contribution in [-0.2, 0) is 0 Å². The van der Waals surface area contributed by atoms with Crippen molar-refractivity contribution < 1.29 is 4.74 Å². The molecule has 1 aliphatic heterocycles. The molecule has 0 saturated carbocycles. The van der Waals surface area contributed by atoms with Crippen LogP contribution in [0.3, 0.4) is 0 Å². The zero-order valence-corrected chi connectivity index (χ0v) is 13.5. The average Bonchev–Trinajstić information content (AvgIpc) is 2.40. The Morgan fingerprint density at radius 2 is 2.00 bits per heavy atom. The summed E-state index contributed by atoms with van der Waals surface area (Å²) >= 11 is 0. The third-order valence-electron chi connectivity index (χ3n) is 3.33. The van der Waals surface area contributed by atoms with Crippen molar-refractivity contribution in [3.8, 4) is 5.75 Å². The van der Waals surface area contributed by atoms with Crippen molar-refractivity contribution in [3.63, 3.8) is 0 Å². The molecule has 2 rings (SSSR count). The average molecular weight is 319 g/mol. The Bertz CT molecular complexity index is 395. The Morgan fingerprint density at radius 1 is 1.30 bits per heavy atom. The van der Waals surface area contributed by atoms with Crippen LogP contribution in [-0.4, -0.2) is 37.7 Å². The molecule has 2 N–H and O–H groups in total. The van der Waals surface area contributed by atoms with Crippen LogP contribution in [0.25, 0.3) is 6.08 Å². The van der Waals surface area contributed by atoms with Crippen LogP contribution in [0.1, 0.15) is 18.4 Å². The second-order valence-electron chi connectivity index (χ2n) is 4.84. The molecule has 1 aliphatic rings. The molecule has 1 aromatic carbocycles. The first-order valence-electron chi connectivity index (χ1n) is 6.56. The molecule has 1 heterocycles. The molecule has 3 nitrogen and oxygen atoms in total. The largest absolute Gasteiger partial charge is 0.497 e. The number of rotatable bonds is 4. The van der Waals surface area contributed by atoms with Crippen LogP contribution in [0, 0.1) is 0 Å². The van der Waals surface area contributed by atoms with Crippen LogP contribution >= 0.6 is 24.8 Å². The van der Waals surface area contributed by atoms with Gasteiger partial charge in [0.25, 0.3) is 0 Å². The molecule has 1 fully saturated rings. The predicted octanol–water partition coefficient (Wildman–Crippen LogP) is 2.98. The molecule has 114 valence electrons. The summed E-state index contributed by atoms with van der Waals surface area (Å²) in [6.07, 6.45) is 6.75. The molecule has 20 heavy (non-hydrogen) atoms. The number of nitrogens with two attached hydrogens (primary N) is 1. The highest BCUT2D eigenvalue weighted by molar-refractivity contribution is 5.85. The molecular weight excluding hydrogens is 295 g/mol. The smallest absolute Gasteiger partial charge is 0.118 e. The van der Waals surface area contributed by atoms with Crippen molar-refractivity contribution in [2.45, 2.75) is 18.9 Å². The van der Waals surface area contributed by atoms with Gasteiger partial charge in [0.05, 0.1) is 7.11 Å². The van der Waals surface area contributed by atoms with Crippen molar-refractivity contribution in [3.05, 3.63) is 35.9 Å². The van der Waals surface area contributed by atoms with Gasteiger partial charge in [0, 0.05) is 19.1 Å². The minimum atomic E-state index is 0. The third kappa shape index (κ3) is 6.14. The number of nitrogens with zero attached hydrogens (tertiary/aromatic N) is 1. The Balaban J connectivity index is 0.00000180. The highest BCUT2D eigenvalue weighted by Gasteiger charge is 2.14. The van der Waals surface area contributed by atoms with E-state index in [2.05, 4.69) is 29.2 Å². The van der Waals surface area contributed by atoms with Gasteiger partial charge in [-0.2, -0.15) is 0 Å². The number of likely N-dealkylation sites (tertiary alicyclic amines) is 1. The van der Waals surface area contributed by atoms with E-state index in [0.717, 1.165) is 18.8 Å². The summed E-state index contributed by atoms with van der Waals surface area (Å²) in [5.41, 5.74) is 7.17. The second kappa shape index (κ2) is 10.1. The van der Waals surface area contributed by atoms with Crippen molar-refractivity contribution in [1.82, 2.24) is 4.90 Å². The minimum Gasteiger partial charge on any atom is -0.497 e. The fourth-order valence-corrected chi connectivity index (χ4v) is 2.31. The summed E-state index contributed by atoms with van der Waals surface area (Å²) in [6.45, 7) is 3.17. The summed E-state index contributed by atoms with van der Waals surface area (Å²) in [7, 11) is 1.68. The van der Waals surface area contributed by atoms with E-state index in [4.69, 9.17) is 10.5 Å². The Kier molecular flexibility index (Phi) is 9.68. The fraction of sp³-hybridized carbons (Fsp3) is 0.467. The molecule has 0 aliphatic carbocycles. The summed E-state index contributed by atoms with van der Waals surface area (Å²) < 4.78 is 5.13. The molecule has 1 unspecified atom stereocenters. The van der Waals surface area contributed by atoms with Crippen LogP contribution in [0.2, 0.25) is 0 Å². The van der Waals surface area contributed by atoms with E-state index in [-0.39, 0.29) is 24.8 Å². The quantitative estimate of drug-likeness (QED) is 0.927. The number of ether oxygens (including phenoxy) is 1. The van der Waals surface area contributed by atoms with E-state index in [1.54, 1.807) is 7.11 Å². The topological polar surface area (TPSA) is 38.5 Å². The van der Waals surface area contributed by atoms with Crippen LogP contribution < -0.4 is 10.5 Å². The number of benzene rings is 1. The lowest BCUT2D eigenvalue weighted by molar-refractivity contribution is 0.229. The Hall–Kier alpha value is -0.740. The van der Waals surface area contributed by atoms with Gasteiger partial charge in [0.15, 0.2) is 0 Å². The lowest BCUT2D eigenvalue weighted by atomic mass is 10.1. The van der Waals surface area contributed by atoms with Crippen molar-refractivity contribution in [1.29, 1.82) is 0 Å². The van der Waals surface area contributed by atoms with Crippen molar-refractivity contribution in [2.24, 2.45) is 5.73 Å². The summed E-state index contributed by atoms with van der Waals surface area (Å²) in [5.74, 6) is 0.897. The first kappa shape index (κ1) is 19.3. The van der Waals surface area contributed by atoms with E-state index >= 15 is 0 Å². The van der Waals surface area contributed by atoms with Gasteiger partial charge >= 0.3 is 0 Å². The van der Waals surface area contributed by atoms with Crippen LogP contribution in [0.4, 0.5) is 0 Å². The highest BCUT2D eigenvalue weighted by atomic mass is 35.5. The molecule has 0 amide bonds. The molecule has 1 aromatic rings. The van der Waals surface area contributed by atoms with Gasteiger partial charge in [-0.15, -0.1) is 24.8 Å². The summed E-state index contributed by atoms with van der Waals surface area (Å²) in [6, 6.07) is 8.45. The first-order valence-corrected chi connectivity index (χ1v) is 6.56. The number of hydrogen-bond donors (Lipinski definition) is 1. The molecule has 0 spiro atoms. The molecule has 0 aromatic heterocycles. The standard InChI is InChI=1S/C15H22N2O.2ClH/c1-18-15-8-6-13(7-9-15)4-2-10-17-11-3-5-14(16)12-17;;/h2,4,6-9,14H,3,5,10-12,16H2,1H3;2*1H. The Morgan fingerprint density at radius 3 is 2.60 bits per heavy atom. The molecule has 0 bridgehead atoms. The number of halogens is 2. The molecule has 1 atom stereocenters. The maximum atomic E-state index is 5.96. The second-order valence-corrected chi connectivity index (χ2v) is 4.84. The highest BCUT2D eigenvalue weighted by Crippen LogP contribution is 2.13. The van der Waals surface area contributed by atoms with E-state index < -0.39 is 0 Å². The van der Waals surface area contributed by atoms with Gasteiger partial charge in [-0.3, -0.25) is 4.90 Å². The molecule has 5 heteroatoms. The number of piperidine rings is 1. The van der Waals surface area contributed by atoms with Gasteiger partial charge in [-0.1, -0.05) is 24.3 Å². The summed E-state index contributed by atoms with van der Waals surface area (Å²) in [5, 5.41) is 0. The van der Waals surface area contributed by atoms with Gasteiger partial charge in [-0.25, -0.2) is 0 Å². The first-order chi connectivity index (χ1) is 8.78. The van der Waals surface area contributed by atoms with Gasteiger partial charge in [0.1, 0.15) is 5.75 Å². The lowest BCUT2D eigenvalue weighted by Gasteiger charge is -2.29. The van der Waals surface area contributed by atoms with Gasteiger partial charge in [-0.05, 0) is 37.1 Å². The number of methoxy groups -OCH3 is 1. The van der Waals surface area contributed by atoms with E-state index in [0.29, 0.717) is 6.04 Å². The lowest BCUT2D eigenvalue weighted by Crippen LogP contribution is -2.42. The van der Waals surface area contributed by atoms with E-state index in [1.165, 1.54) is 24.9 Å². The van der Waals surface area contributed by atoms with E-state index in [1.807, 2.05) is 12.1 Å². The predicted molar refractivity (Wildman–Crippen MR) is 90.2 cm³/mol. The molecule has 1 saturated heterocycles. The summed E-state index contributed by atoms with van der Waals surface area (Å²) in [4.78, 5) is 2.41. The maximum absolute atomic E-state index is 5.96. The van der Waals surface area contributed by atoms with Crippen molar-refractivity contribution >= 4 is 30.9 Å². The van der Waals surface area contributed by atoms with E-state index in [9.17, 15) is 0 Å². The zero-order chi connectivity index (χ0) is 12.8. The minimum absolute atomic E-state index is 0. The fourth-order valence-electron chi connectivity index (χ4n) is 2.31. The van der Waals surface area contributed by atoms with Gasteiger partial charge in [0.2, 0.25) is 0 Å². The molecular formula is C15H24Cl2N2O. The van der Waals surface area contributed by atoms with Gasteiger partial charge < -0.3 is 10.5 Å². The third-order valence-corrected chi connectivity index (χ3v) is 3.33. The zero-order valence-electron chi connectivity index (χ0n) is 11.8. The van der Waals surface area contributed by atoms with Crippen molar-refractivity contribution in [2.75, 3.05) is 26.7 Å². The monoisotopic (exact) mass is 318 g/mol. The molecule has 0 radical (unpaired) electrons. The maximum Gasteiger partial charge on any atom is 0.118 e. The SMILES string of the molecule is COc1ccc(C=CCN2CCCC(N)C2)cc1.Cl.Cl. The van der Waals surface area contributed by atoms with Crippen LogP contribution in [0.5, 0.6) is 5.75 Å². The normalized spacial score (nSPS) is 19.2. The number of hydrogen-bond acceptors (Lipinski definition) is 3. The Labute approximate surface area is 134 Å². The van der Waals surface area contributed by atoms with Crippen LogP contribution in [0.15, 0.2) is 30.3 Å².